The summed E-state index contributed by atoms with van der Waals surface area (Å²) in [6, 6.07) is 3.85. The van der Waals surface area contributed by atoms with Crippen LogP contribution in [0.15, 0.2) is 35.3 Å². The number of hydrogen-bond donors (Lipinski definition) is 1. The van der Waals surface area contributed by atoms with Gasteiger partial charge in [0.25, 0.3) is 0 Å². The van der Waals surface area contributed by atoms with Crippen molar-refractivity contribution in [2.75, 3.05) is 0 Å². The van der Waals surface area contributed by atoms with Crippen molar-refractivity contribution in [1.82, 2.24) is 4.57 Å². The van der Waals surface area contributed by atoms with Gasteiger partial charge < -0.3 is 9.67 Å². The Balaban J connectivity index is 2.64. The van der Waals surface area contributed by atoms with Crippen LogP contribution in [-0.4, -0.2) is 15.6 Å². The third-order valence-corrected chi connectivity index (χ3v) is 4.84. The van der Waals surface area contributed by atoms with Crippen LogP contribution in [0.25, 0.3) is 16.6 Å². The minimum absolute atomic E-state index is 0.139. The summed E-state index contributed by atoms with van der Waals surface area (Å²) < 4.78 is 44.2. The van der Waals surface area contributed by atoms with Crippen LogP contribution in [0.1, 0.15) is 49.2 Å². The van der Waals surface area contributed by atoms with Crippen molar-refractivity contribution in [3.63, 3.8) is 0 Å². The number of fused-ring (bicyclic) bond motifs is 1. The summed E-state index contributed by atoms with van der Waals surface area (Å²) in [5.74, 6) is -3.89. The fourth-order valence-electron chi connectivity index (χ4n) is 3.71. The molecular formula is C22H20F3NO3. The summed E-state index contributed by atoms with van der Waals surface area (Å²) in [6.07, 6.45) is 1.32. The fraction of sp³-hybridized carbons (Fsp3) is 0.273. The number of carboxylic acid groups (broad SMARTS) is 1. The lowest BCUT2D eigenvalue weighted by atomic mass is 9.81. The fourth-order valence-corrected chi connectivity index (χ4v) is 3.71. The molecule has 1 heterocycles. The molecule has 3 aromatic rings. The van der Waals surface area contributed by atoms with Crippen molar-refractivity contribution in [3.8, 4) is 5.69 Å². The Labute approximate surface area is 165 Å². The van der Waals surface area contributed by atoms with Gasteiger partial charge in [0.15, 0.2) is 0 Å². The van der Waals surface area contributed by atoms with E-state index in [1.807, 2.05) is 20.8 Å². The molecule has 7 heteroatoms. The van der Waals surface area contributed by atoms with Crippen LogP contribution in [0, 0.1) is 17.5 Å². The van der Waals surface area contributed by atoms with Gasteiger partial charge in [0, 0.05) is 12.3 Å². The van der Waals surface area contributed by atoms with Crippen LogP contribution < -0.4 is 5.43 Å². The van der Waals surface area contributed by atoms with E-state index in [9.17, 15) is 23.5 Å². The standard InChI is InChI=1S/C22H20F3NO3/c1-5-12-18(22(2,3)4)16(25)9-13-19(12)26(10-14(20(13)27)21(28)29)17-7-6-11(23)8-15(17)24/h6-10H,5H2,1-4H3,(H,28,29). The van der Waals surface area contributed by atoms with E-state index >= 15 is 4.39 Å². The molecule has 0 bridgehead atoms. The van der Waals surface area contributed by atoms with Crippen molar-refractivity contribution in [3.05, 3.63) is 74.8 Å². The SMILES string of the molecule is CCc1c(C(C)(C)C)c(F)cc2c(=O)c(C(=O)O)cn(-c3ccc(F)cc3F)c12. The summed E-state index contributed by atoms with van der Waals surface area (Å²) in [6.45, 7) is 7.19. The average Bonchev–Trinajstić information content (AvgIpc) is 2.60. The molecule has 0 unspecified atom stereocenters. The molecule has 0 aliphatic heterocycles. The largest absolute Gasteiger partial charge is 0.477 e. The van der Waals surface area contributed by atoms with E-state index in [0.717, 1.165) is 24.4 Å². The minimum Gasteiger partial charge on any atom is -0.477 e. The number of nitrogens with zero attached hydrogens (tertiary/aromatic N) is 1. The first kappa shape index (κ1) is 20.6. The molecule has 0 atom stereocenters. The number of aromatic carboxylic acids is 1. The summed E-state index contributed by atoms with van der Waals surface area (Å²) in [5, 5.41) is 9.26. The van der Waals surface area contributed by atoms with Gasteiger partial charge in [-0.05, 0) is 41.2 Å². The number of rotatable bonds is 3. The van der Waals surface area contributed by atoms with E-state index in [-0.39, 0.29) is 16.6 Å². The average molecular weight is 403 g/mol. The Morgan fingerprint density at radius 3 is 2.28 bits per heavy atom. The van der Waals surface area contributed by atoms with Gasteiger partial charge in [-0.1, -0.05) is 27.7 Å². The Bertz CT molecular complexity index is 1210. The van der Waals surface area contributed by atoms with Gasteiger partial charge in [-0.2, -0.15) is 0 Å². The molecule has 0 aliphatic rings. The van der Waals surface area contributed by atoms with Gasteiger partial charge in [-0.3, -0.25) is 4.79 Å². The lowest BCUT2D eigenvalue weighted by Gasteiger charge is -2.26. The number of aryl methyl sites for hydroxylation is 1. The van der Waals surface area contributed by atoms with Crippen LogP contribution >= 0.6 is 0 Å². The molecule has 29 heavy (non-hydrogen) atoms. The van der Waals surface area contributed by atoms with Crippen molar-refractivity contribution in [2.24, 2.45) is 0 Å². The number of aromatic nitrogens is 1. The van der Waals surface area contributed by atoms with E-state index < -0.39 is 39.8 Å². The van der Waals surface area contributed by atoms with Crippen molar-refractivity contribution >= 4 is 16.9 Å². The van der Waals surface area contributed by atoms with Crippen LogP contribution in [-0.2, 0) is 11.8 Å². The first-order valence-corrected chi connectivity index (χ1v) is 9.07. The lowest BCUT2D eigenvalue weighted by Crippen LogP contribution is -2.23. The van der Waals surface area contributed by atoms with Crippen molar-refractivity contribution < 1.29 is 23.1 Å². The first-order chi connectivity index (χ1) is 13.5. The predicted octanol–water partition coefficient (Wildman–Crippen LogP) is 4.97. The predicted molar refractivity (Wildman–Crippen MR) is 104 cm³/mol. The van der Waals surface area contributed by atoms with Gasteiger partial charge >= 0.3 is 5.97 Å². The Hall–Kier alpha value is -3.09. The highest BCUT2D eigenvalue weighted by Gasteiger charge is 2.27. The molecule has 1 N–H and O–H groups in total. The second-order valence-electron chi connectivity index (χ2n) is 7.85. The highest BCUT2D eigenvalue weighted by Crippen LogP contribution is 2.35. The smallest absolute Gasteiger partial charge is 0.341 e. The summed E-state index contributed by atoms with van der Waals surface area (Å²) in [5.41, 5.74) is -1.24. The second kappa shape index (κ2) is 7.06. The van der Waals surface area contributed by atoms with Gasteiger partial charge in [0.2, 0.25) is 5.43 Å². The zero-order chi connectivity index (χ0) is 21.7. The van der Waals surface area contributed by atoms with Gasteiger partial charge in [-0.25, -0.2) is 18.0 Å². The van der Waals surface area contributed by atoms with E-state index in [1.165, 1.54) is 4.57 Å². The molecule has 3 rings (SSSR count). The topological polar surface area (TPSA) is 59.3 Å². The van der Waals surface area contributed by atoms with Crippen LogP contribution in [0.3, 0.4) is 0 Å². The zero-order valence-electron chi connectivity index (χ0n) is 16.4. The highest BCUT2D eigenvalue weighted by molar-refractivity contribution is 5.94. The van der Waals surface area contributed by atoms with E-state index in [2.05, 4.69) is 0 Å². The number of benzene rings is 2. The summed E-state index contributed by atoms with van der Waals surface area (Å²) in [7, 11) is 0. The third kappa shape index (κ3) is 3.41. The van der Waals surface area contributed by atoms with Gasteiger partial charge in [-0.15, -0.1) is 0 Å². The number of carbonyl (C=O) groups is 1. The minimum atomic E-state index is -1.52. The van der Waals surface area contributed by atoms with E-state index in [1.54, 1.807) is 6.92 Å². The summed E-state index contributed by atoms with van der Waals surface area (Å²) in [4.78, 5) is 24.4. The Kier molecular flexibility index (Phi) is 5.03. The Morgan fingerprint density at radius 2 is 1.76 bits per heavy atom. The molecule has 0 saturated heterocycles. The third-order valence-electron chi connectivity index (χ3n) is 4.84. The normalized spacial score (nSPS) is 11.8. The molecule has 0 radical (unpaired) electrons. The Morgan fingerprint density at radius 1 is 1.10 bits per heavy atom. The molecular weight excluding hydrogens is 383 g/mol. The second-order valence-corrected chi connectivity index (χ2v) is 7.85. The maximum Gasteiger partial charge on any atom is 0.341 e. The van der Waals surface area contributed by atoms with E-state index in [4.69, 9.17) is 0 Å². The first-order valence-electron chi connectivity index (χ1n) is 9.07. The number of carboxylic acids is 1. The van der Waals surface area contributed by atoms with Crippen molar-refractivity contribution in [2.45, 2.75) is 39.5 Å². The maximum atomic E-state index is 15.0. The molecule has 0 saturated carbocycles. The molecule has 0 aliphatic carbocycles. The molecule has 0 fully saturated rings. The lowest BCUT2D eigenvalue weighted by molar-refractivity contribution is 0.0695. The maximum absolute atomic E-state index is 15.0. The van der Waals surface area contributed by atoms with Crippen LogP contribution in [0.4, 0.5) is 13.2 Å². The molecule has 2 aromatic carbocycles. The van der Waals surface area contributed by atoms with Crippen molar-refractivity contribution in [1.29, 1.82) is 0 Å². The molecule has 4 nitrogen and oxygen atoms in total. The zero-order valence-corrected chi connectivity index (χ0v) is 16.4. The summed E-state index contributed by atoms with van der Waals surface area (Å²) >= 11 is 0. The number of pyridine rings is 1. The molecule has 0 amide bonds. The number of hydrogen-bond acceptors (Lipinski definition) is 2. The molecule has 1 aromatic heterocycles. The molecule has 152 valence electrons. The highest BCUT2D eigenvalue weighted by atomic mass is 19.1. The molecule has 0 spiro atoms. The van der Waals surface area contributed by atoms with Crippen LogP contribution in [0.2, 0.25) is 0 Å². The quantitative estimate of drug-likeness (QED) is 0.672. The monoisotopic (exact) mass is 403 g/mol. The van der Waals surface area contributed by atoms with Gasteiger partial charge in [0.05, 0.1) is 16.6 Å². The number of halogens is 3. The van der Waals surface area contributed by atoms with Gasteiger partial charge in [0.1, 0.15) is 23.0 Å². The van der Waals surface area contributed by atoms with E-state index in [0.29, 0.717) is 23.6 Å². The van der Waals surface area contributed by atoms with Crippen LogP contribution in [0.5, 0.6) is 0 Å².